The molecule has 1 aliphatic heterocycles. The fourth-order valence-electron chi connectivity index (χ4n) is 1.99. The quantitative estimate of drug-likeness (QED) is 0.763. The number of aliphatic hydroxyl groups is 1. The van der Waals surface area contributed by atoms with Crippen LogP contribution in [-0.4, -0.2) is 43.9 Å². The highest BCUT2D eigenvalue weighted by atomic mass is 79.9. The lowest BCUT2D eigenvalue weighted by molar-refractivity contribution is 0.0223. The summed E-state index contributed by atoms with van der Waals surface area (Å²) in [5, 5.41) is 9.42. The first-order chi connectivity index (χ1) is 9.38. The van der Waals surface area contributed by atoms with Crippen LogP contribution in [0, 0.1) is 0 Å². The molecule has 1 aliphatic rings. The van der Waals surface area contributed by atoms with E-state index in [4.69, 9.17) is 16.3 Å². The molecule has 0 unspecified atom stereocenters. The van der Waals surface area contributed by atoms with Gasteiger partial charge in [0.25, 0.3) is 0 Å². The summed E-state index contributed by atoms with van der Waals surface area (Å²) >= 11 is 9.01. The highest BCUT2D eigenvalue weighted by Gasteiger charge is 2.37. The summed E-state index contributed by atoms with van der Waals surface area (Å²) < 4.78 is 33.1. The molecule has 6 nitrogen and oxygen atoms in total. The predicted octanol–water partition coefficient (Wildman–Crippen LogP) is 1.32. The number of ether oxygens (including phenoxy) is 1. The van der Waals surface area contributed by atoms with Crippen molar-refractivity contribution in [3.8, 4) is 0 Å². The second kappa shape index (κ2) is 6.25. The lowest BCUT2D eigenvalue weighted by atomic mass is 9.93. The third-order valence-corrected chi connectivity index (χ3v) is 5.61. The summed E-state index contributed by atoms with van der Waals surface area (Å²) in [4.78, 5) is 3.68. The van der Waals surface area contributed by atoms with Gasteiger partial charge >= 0.3 is 0 Å². The smallest absolute Gasteiger partial charge is 0.244 e. The Morgan fingerprint density at radius 2 is 2.15 bits per heavy atom. The van der Waals surface area contributed by atoms with E-state index in [1.165, 1.54) is 12.3 Å². The lowest BCUT2D eigenvalue weighted by Crippen LogP contribution is -2.54. The number of pyridine rings is 1. The average molecular weight is 386 g/mol. The molecule has 0 amide bonds. The van der Waals surface area contributed by atoms with Crippen LogP contribution in [0.3, 0.4) is 0 Å². The van der Waals surface area contributed by atoms with Crippen LogP contribution in [0.4, 0.5) is 0 Å². The van der Waals surface area contributed by atoms with E-state index in [1.54, 1.807) is 0 Å². The second-order valence-electron chi connectivity index (χ2n) is 4.60. The van der Waals surface area contributed by atoms with E-state index in [9.17, 15) is 13.5 Å². The molecule has 0 aromatic carbocycles. The Balaban J connectivity index is 2.32. The summed E-state index contributed by atoms with van der Waals surface area (Å²) in [6.45, 7) is 0.496. The number of aliphatic hydroxyl groups excluding tert-OH is 1. The SMILES string of the molecule is O=S(=O)(NC1(CO)CCOCC1)c1cc(Br)cnc1Cl. The summed E-state index contributed by atoms with van der Waals surface area (Å²) in [6, 6.07) is 1.38. The van der Waals surface area contributed by atoms with Gasteiger partial charge in [0.1, 0.15) is 10.0 Å². The lowest BCUT2D eigenvalue weighted by Gasteiger charge is -2.35. The van der Waals surface area contributed by atoms with E-state index >= 15 is 0 Å². The maximum absolute atomic E-state index is 12.4. The van der Waals surface area contributed by atoms with Gasteiger partial charge in [-0.05, 0) is 34.8 Å². The van der Waals surface area contributed by atoms with Crippen molar-refractivity contribution >= 4 is 37.6 Å². The fourth-order valence-corrected chi connectivity index (χ4v) is 4.38. The van der Waals surface area contributed by atoms with Crippen molar-refractivity contribution in [2.75, 3.05) is 19.8 Å². The number of hydrogen-bond acceptors (Lipinski definition) is 5. The number of halogens is 2. The minimum absolute atomic E-state index is 0.110. The number of hydrogen-bond donors (Lipinski definition) is 2. The summed E-state index contributed by atoms with van der Waals surface area (Å²) in [5.41, 5.74) is -0.914. The third-order valence-electron chi connectivity index (χ3n) is 3.17. The molecule has 1 fully saturated rings. The largest absolute Gasteiger partial charge is 0.394 e. The van der Waals surface area contributed by atoms with Gasteiger partial charge in [-0.1, -0.05) is 11.6 Å². The molecule has 0 atom stereocenters. The van der Waals surface area contributed by atoms with Crippen molar-refractivity contribution < 1.29 is 18.3 Å². The van der Waals surface area contributed by atoms with Crippen LogP contribution in [0.2, 0.25) is 5.15 Å². The Kier molecular flexibility index (Phi) is 5.04. The van der Waals surface area contributed by atoms with Crippen LogP contribution < -0.4 is 4.72 Å². The van der Waals surface area contributed by atoms with Gasteiger partial charge in [0.05, 0.1) is 12.1 Å². The first-order valence-corrected chi connectivity index (χ1v) is 8.58. The molecule has 0 spiro atoms. The average Bonchev–Trinajstić information content (AvgIpc) is 2.42. The Morgan fingerprint density at radius 3 is 2.75 bits per heavy atom. The van der Waals surface area contributed by atoms with E-state index in [0.29, 0.717) is 30.5 Å². The van der Waals surface area contributed by atoms with Gasteiger partial charge in [-0.15, -0.1) is 0 Å². The van der Waals surface area contributed by atoms with E-state index in [1.807, 2.05) is 0 Å². The van der Waals surface area contributed by atoms with Crippen LogP contribution in [-0.2, 0) is 14.8 Å². The number of nitrogens with zero attached hydrogens (tertiary/aromatic N) is 1. The van der Waals surface area contributed by atoms with Gasteiger partial charge < -0.3 is 9.84 Å². The summed E-state index contributed by atoms with van der Waals surface area (Å²) in [6.07, 6.45) is 2.22. The maximum atomic E-state index is 12.4. The zero-order chi connectivity index (χ0) is 14.8. The standard InChI is InChI=1S/C11H14BrClN2O4S/c12-8-5-9(10(13)14-6-8)20(17,18)15-11(7-16)1-3-19-4-2-11/h5-6,15-16H,1-4,7H2. The Hall–Kier alpha value is -0.250. The molecular weight excluding hydrogens is 372 g/mol. The first-order valence-electron chi connectivity index (χ1n) is 5.92. The Morgan fingerprint density at radius 1 is 1.50 bits per heavy atom. The number of aromatic nitrogens is 1. The Labute approximate surface area is 130 Å². The molecule has 0 aliphatic carbocycles. The van der Waals surface area contributed by atoms with Gasteiger partial charge in [-0.3, -0.25) is 0 Å². The summed E-state index contributed by atoms with van der Waals surface area (Å²) in [5.74, 6) is 0. The number of sulfonamides is 1. The first kappa shape index (κ1) is 16.1. The predicted molar refractivity (Wildman–Crippen MR) is 77.1 cm³/mol. The van der Waals surface area contributed by atoms with Gasteiger partial charge in [-0.25, -0.2) is 18.1 Å². The van der Waals surface area contributed by atoms with Crippen molar-refractivity contribution in [1.29, 1.82) is 0 Å². The molecule has 2 N–H and O–H groups in total. The van der Waals surface area contributed by atoms with Crippen molar-refractivity contribution in [3.05, 3.63) is 21.9 Å². The van der Waals surface area contributed by atoms with Gasteiger partial charge in [-0.2, -0.15) is 0 Å². The maximum Gasteiger partial charge on any atom is 0.244 e. The van der Waals surface area contributed by atoms with E-state index < -0.39 is 15.6 Å². The minimum Gasteiger partial charge on any atom is -0.394 e. The van der Waals surface area contributed by atoms with E-state index in [0.717, 1.165) is 0 Å². The molecule has 0 saturated carbocycles. The normalized spacial score (nSPS) is 18.9. The zero-order valence-electron chi connectivity index (χ0n) is 10.5. The van der Waals surface area contributed by atoms with Gasteiger partial charge in [0.2, 0.25) is 10.0 Å². The summed E-state index contributed by atoms with van der Waals surface area (Å²) in [7, 11) is -3.87. The molecule has 0 radical (unpaired) electrons. The van der Waals surface area contributed by atoms with E-state index in [-0.39, 0.29) is 16.7 Å². The monoisotopic (exact) mass is 384 g/mol. The molecular formula is C11H14BrClN2O4S. The Bertz CT molecular complexity index is 590. The van der Waals surface area contributed by atoms with Crippen molar-refractivity contribution in [3.63, 3.8) is 0 Å². The number of nitrogens with one attached hydrogen (secondary N) is 1. The second-order valence-corrected chi connectivity index (χ2v) is 7.52. The molecule has 2 heterocycles. The van der Waals surface area contributed by atoms with Crippen LogP contribution in [0.25, 0.3) is 0 Å². The highest BCUT2D eigenvalue weighted by molar-refractivity contribution is 9.10. The van der Waals surface area contributed by atoms with Crippen molar-refractivity contribution in [2.24, 2.45) is 0 Å². The van der Waals surface area contributed by atoms with Crippen molar-refractivity contribution in [1.82, 2.24) is 9.71 Å². The van der Waals surface area contributed by atoms with Gasteiger partial charge in [0.15, 0.2) is 0 Å². The van der Waals surface area contributed by atoms with Crippen molar-refractivity contribution in [2.45, 2.75) is 23.3 Å². The highest BCUT2D eigenvalue weighted by Crippen LogP contribution is 2.27. The molecule has 0 bridgehead atoms. The zero-order valence-corrected chi connectivity index (χ0v) is 13.6. The molecule has 20 heavy (non-hydrogen) atoms. The molecule has 2 rings (SSSR count). The molecule has 112 valence electrons. The van der Waals surface area contributed by atoms with Gasteiger partial charge in [0, 0.05) is 23.9 Å². The van der Waals surface area contributed by atoms with Crippen LogP contribution in [0.15, 0.2) is 21.6 Å². The van der Waals surface area contributed by atoms with Crippen LogP contribution in [0.1, 0.15) is 12.8 Å². The molecule has 1 aromatic rings. The molecule has 9 heteroatoms. The fraction of sp³-hybridized carbons (Fsp3) is 0.545. The van der Waals surface area contributed by atoms with Crippen LogP contribution in [0.5, 0.6) is 0 Å². The molecule has 1 aromatic heterocycles. The molecule has 1 saturated heterocycles. The minimum atomic E-state index is -3.87. The topological polar surface area (TPSA) is 88.5 Å². The van der Waals surface area contributed by atoms with E-state index in [2.05, 4.69) is 25.6 Å². The number of rotatable bonds is 4. The third kappa shape index (κ3) is 3.49. The van der Waals surface area contributed by atoms with Crippen LogP contribution >= 0.6 is 27.5 Å².